The molecule has 4 nitrogen and oxygen atoms in total. The molecular weight excluding hydrogens is 397 g/mol. The highest BCUT2D eigenvalue weighted by Crippen LogP contribution is 2.59. The maximum Gasteiger partial charge on any atom is 0.186 e. The van der Waals surface area contributed by atoms with Gasteiger partial charge in [-0.3, -0.25) is 0 Å². The number of ether oxygens (including phenoxy) is 1. The Kier molecular flexibility index (Phi) is 4.98. The van der Waals surface area contributed by atoms with E-state index in [1.807, 2.05) is 28.9 Å². The van der Waals surface area contributed by atoms with Crippen molar-refractivity contribution >= 4 is 23.4 Å². The van der Waals surface area contributed by atoms with Crippen LogP contribution in [-0.2, 0) is 16.9 Å². The molecule has 2 atom stereocenters. The standard InChI is InChI=1S/C21H21ClFN3OS/c1-20(2,3)28-19-24-13-25-26(19)12-21(14-8-10-15(23)11-9-14)18(27-21)16-6-4-5-7-17(16)22/h4-11,13,18H,12H2,1-3H3/t18-,21-/m1/s1. The molecule has 0 N–H and O–H groups in total. The van der Waals surface area contributed by atoms with Gasteiger partial charge in [0, 0.05) is 15.3 Å². The van der Waals surface area contributed by atoms with E-state index in [2.05, 4.69) is 30.9 Å². The highest BCUT2D eigenvalue weighted by atomic mass is 35.5. The zero-order chi connectivity index (χ0) is 19.9. The molecule has 0 bridgehead atoms. The normalized spacial score (nSPS) is 21.7. The molecule has 1 aliphatic rings. The molecule has 146 valence electrons. The molecule has 2 aromatic carbocycles. The third-order valence-electron chi connectivity index (χ3n) is 4.58. The van der Waals surface area contributed by atoms with Gasteiger partial charge in [0.15, 0.2) is 5.16 Å². The average Bonchev–Trinajstić information content (AvgIpc) is 3.19. The van der Waals surface area contributed by atoms with Crippen molar-refractivity contribution in [1.82, 2.24) is 14.8 Å². The lowest BCUT2D eigenvalue weighted by atomic mass is 9.91. The first-order valence-electron chi connectivity index (χ1n) is 9.04. The van der Waals surface area contributed by atoms with E-state index in [1.165, 1.54) is 12.1 Å². The van der Waals surface area contributed by atoms with Crippen molar-refractivity contribution in [3.63, 3.8) is 0 Å². The Bertz CT molecular complexity index is 986. The summed E-state index contributed by atoms with van der Waals surface area (Å²) in [5.41, 5.74) is 1.14. The predicted octanol–water partition coefficient (Wildman–Crippen LogP) is 5.63. The van der Waals surface area contributed by atoms with Crippen molar-refractivity contribution < 1.29 is 9.13 Å². The van der Waals surface area contributed by atoms with Crippen LogP contribution in [0.5, 0.6) is 0 Å². The minimum Gasteiger partial charge on any atom is -0.354 e. The second-order valence-electron chi connectivity index (χ2n) is 7.83. The number of thioether (sulfide) groups is 1. The number of epoxide rings is 1. The second kappa shape index (κ2) is 7.17. The molecule has 3 aromatic rings. The van der Waals surface area contributed by atoms with Crippen LogP contribution in [0.3, 0.4) is 0 Å². The topological polar surface area (TPSA) is 43.2 Å². The first-order valence-corrected chi connectivity index (χ1v) is 10.2. The van der Waals surface area contributed by atoms with Crippen LogP contribution in [0.4, 0.5) is 4.39 Å². The summed E-state index contributed by atoms with van der Waals surface area (Å²) in [5, 5.41) is 5.89. The van der Waals surface area contributed by atoms with Crippen LogP contribution in [0.25, 0.3) is 0 Å². The van der Waals surface area contributed by atoms with Gasteiger partial charge in [-0.1, -0.05) is 74.5 Å². The molecule has 2 heterocycles. The van der Waals surface area contributed by atoms with Crippen molar-refractivity contribution in [2.45, 2.75) is 48.9 Å². The molecule has 0 aliphatic carbocycles. The van der Waals surface area contributed by atoms with Gasteiger partial charge in [-0.05, 0) is 23.8 Å². The summed E-state index contributed by atoms with van der Waals surface area (Å²) in [4.78, 5) is 4.41. The number of benzene rings is 2. The fourth-order valence-corrected chi connectivity index (χ4v) is 4.38. The molecular formula is C21H21ClFN3OS. The Balaban J connectivity index is 1.72. The molecule has 0 amide bonds. The number of hydrogen-bond acceptors (Lipinski definition) is 4. The van der Waals surface area contributed by atoms with Crippen molar-refractivity contribution in [2.24, 2.45) is 0 Å². The summed E-state index contributed by atoms with van der Waals surface area (Å²) in [7, 11) is 0. The summed E-state index contributed by atoms with van der Waals surface area (Å²) in [5.74, 6) is -0.279. The zero-order valence-corrected chi connectivity index (χ0v) is 17.5. The minimum absolute atomic E-state index is 0.000367. The number of rotatable bonds is 5. The lowest BCUT2D eigenvalue weighted by molar-refractivity contribution is 0.256. The van der Waals surface area contributed by atoms with Gasteiger partial charge in [0.2, 0.25) is 0 Å². The maximum atomic E-state index is 13.5. The molecule has 1 aromatic heterocycles. The average molecular weight is 418 g/mol. The van der Waals surface area contributed by atoms with Crippen LogP contribution in [0.2, 0.25) is 5.02 Å². The zero-order valence-electron chi connectivity index (χ0n) is 15.9. The first kappa shape index (κ1) is 19.4. The second-order valence-corrected chi connectivity index (χ2v) is 10.0. The van der Waals surface area contributed by atoms with Gasteiger partial charge in [0.25, 0.3) is 0 Å². The van der Waals surface area contributed by atoms with Gasteiger partial charge < -0.3 is 4.74 Å². The number of nitrogens with zero attached hydrogens (tertiary/aromatic N) is 3. The fraction of sp³-hybridized carbons (Fsp3) is 0.333. The molecule has 7 heteroatoms. The molecule has 1 aliphatic heterocycles. The third kappa shape index (κ3) is 3.81. The minimum atomic E-state index is -0.667. The number of hydrogen-bond donors (Lipinski definition) is 0. The van der Waals surface area contributed by atoms with Crippen LogP contribution in [0.15, 0.2) is 60.0 Å². The summed E-state index contributed by atoms with van der Waals surface area (Å²) in [6, 6.07) is 14.1. The van der Waals surface area contributed by atoms with Gasteiger partial charge in [-0.15, -0.1) is 0 Å². The molecule has 4 rings (SSSR count). The lowest BCUT2D eigenvalue weighted by Crippen LogP contribution is -2.21. The summed E-state index contributed by atoms with van der Waals surface area (Å²) in [6.07, 6.45) is 1.32. The van der Waals surface area contributed by atoms with E-state index in [9.17, 15) is 4.39 Å². The first-order chi connectivity index (χ1) is 13.3. The van der Waals surface area contributed by atoms with Gasteiger partial charge in [0.1, 0.15) is 23.8 Å². The lowest BCUT2D eigenvalue weighted by Gasteiger charge is -2.19. The Morgan fingerprint density at radius 2 is 1.89 bits per heavy atom. The van der Waals surface area contributed by atoms with Crippen molar-refractivity contribution in [3.8, 4) is 0 Å². The smallest absolute Gasteiger partial charge is 0.186 e. The van der Waals surface area contributed by atoms with Gasteiger partial charge in [-0.2, -0.15) is 5.10 Å². The highest BCUT2D eigenvalue weighted by molar-refractivity contribution is 8.00. The Morgan fingerprint density at radius 3 is 2.57 bits per heavy atom. The Hall–Kier alpha value is -1.89. The predicted molar refractivity (Wildman–Crippen MR) is 109 cm³/mol. The van der Waals surface area contributed by atoms with Crippen molar-refractivity contribution in [2.75, 3.05) is 0 Å². The van der Waals surface area contributed by atoms with Gasteiger partial charge >= 0.3 is 0 Å². The fourth-order valence-electron chi connectivity index (χ4n) is 3.28. The van der Waals surface area contributed by atoms with Crippen molar-refractivity contribution in [1.29, 1.82) is 0 Å². The molecule has 1 fully saturated rings. The van der Waals surface area contributed by atoms with Crippen LogP contribution in [0, 0.1) is 5.82 Å². The van der Waals surface area contributed by atoms with Crippen LogP contribution >= 0.6 is 23.4 Å². The van der Waals surface area contributed by atoms with Crippen LogP contribution in [0.1, 0.15) is 38.0 Å². The van der Waals surface area contributed by atoms with Gasteiger partial charge in [-0.25, -0.2) is 14.1 Å². The quantitative estimate of drug-likeness (QED) is 0.398. The molecule has 0 spiro atoms. The van der Waals surface area contributed by atoms with E-state index in [0.29, 0.717) is 11.6 Å². The van der Waals surface area contributed by atoms with E-state index in [-0.39, 0.29) is 16.7 Å². The summed E-state index contributed by atoms with van der Waals surface area (Å²) >= 11 is 8.07. The SMILES string of the molecule is CC(C)(C)Sc1ncnn1C[C@]1(c2ccc(F)cc2)O[C@@H]1c1ccccc1Cl. The maximum absolute atomic E-state index is 13.5. The Morgan fingerprint density at radius 1 is 1.18 bits per heavy atom. The molecule has 1 saturated heterocycles. The number of halogens is 2. The van der Waals surface area contributed by atoms with E-state index < -0.39 is 5.60 Å². The molecule has 0 radical (unpaired) electrons. The van der Waals surface area contributed by atoms with Crippen LogP contribution < -0.4 is 0 Å². The van der Waals surface area contributed by atoms with Gasteiger partial charge in [0.05, 0.1) is 6.54 Å². The van der Waals surface area contributed by atoms with E-state index in [0.717, 1.165) is 16.3 Å². The number of aromatic nitrogens is 3. The Labute approximate surface area is 173 Å². The highest BCUT2D eigenvalue weighted by Gasteiger charge is 2.59. The molecule has 0 unspecified atom stereocenters. The molecule has 28 heavy (non-hydrogen) atoms. The summed E-state index contributed by atoms with van der Waals surface area (Å²) < 4.78 is 21.6. The van der Waals surface area contributed by atoms with Crippen molar-refractivity contribution in [3.05, 3.63) is 76.8 Å². The van der Waals surface area contributed by atoms with E-state index in [4.69, 9.17) is 16.3 Å². The molecule has 0 saturated carbocycles. The van der Waals surface area contributed by atoms with Crippen LogP contribution in [-0.4, -0.2) is 19.5 Å². The summed E-state index contributed by atoms with van der Waals surface area (Å²) in [6.45, 7) is 6.86. The van der Waals surface area contributed by atoms with E-state index >= 15 is 0 Å². The van der Waals surface area contributed by atoms with E-state index in [1.54, 1.807) is 30.2 Å². The third-order valence-corrected chi connectivity index (χ3v) is 6.03. The monoisotopic (exact) mass is 417 g/mol. The largest absolute Gasteiger partial charge is 0.354 e.